The van der Waals surface area contributed by atoms with Crippen molar-refractivity contribution in [1.29, 1.82) is 0 Å². The summed E-state index contributed by atoms with van der Waals surface area (Å²) in [6.07, 6.45) is 10.5. The Morgan fingerprint density at radius 2 is 1.75 bits per heavy atom. The van der Waals surface area contributed by atoms with Crippen LogP contribution in [0.2, 0.25) is 0 Å². The molecule has 0 bridgehead atoms. The second-order valence-corrected chi connectivity index (χ2v) is 7.90. The number of piperidine rings is 1. The number of amides is 1. The zero-order valence-electron chi connectivity index (χ0n) is 15.2. The Labute approximate surface area is 147 Å². The van der Waals surface area contributed by atoms with E-state index in [4.69, 9.17) is 4.74 Å². The molecule has 1 N–H and O–H groups in total. The van der Waals surface area contributed by atoms with Crippen LogP contribution in [0, 0.1) is 5.92 Å². The van der Waals surface area contributed by atoms with Gasteiger partial charge in [-0.15, -0.1) is 0 Å². The van der Waals surface area contributed by atoms with Crippen molar-refractivity contribution in [2.45, 2.75) is 57.5 Å². The molecule has 3 fully saturated rings. The molecular formula is C19H35N3O2. The molecule has 3 aliphatic heterocycles. The van der Waals surface area contributed by atoms with Gasteiger partial charge in [0.15, 0.2) is 0 Å². The number of carbonyl (C=O) groups is 1. The first-order valence-corrected chi connectivity index (χ1v) is 10.1. The molecule has 0 unspecified atom stereocenters. The number of hydrogen-bond donors (Lipinski definition) is 1. The van der Waals surface area contributed by atoms with Crippen LogP contribution >= 0.6 is 0 Å². The third-order valence-corrected chi connectivity index (χ3v) is 5.74. The highest BCUT2D eigenvalue weighted by Crippen LogP contribution is 2.19. The van der Waals surface area contributed by atoms with E-state index in [1.54, 1.807) is 0 Å². The van der Waals surface area contributed by atoms with E-state index in [9.17, 15) is 4.79 Å². The molecule has 138 valence electrons. The first kappa shape index (κ1) is 18.2. The van der Waals surface area contributed by atoms with E-state index in [-0.39, 0.29) is 12.0 Å². The lowest BCUT2D eigenvalue weighted by molar-refractivity contribution is -0.123. The topological polar surface area (TPSA) is 44.8 Å². The quantitative estimate of drug-likeness (QED) is 0.804. The monoisotopic (exact) mass is 337 g/mol. The molecule has 0 aromatic rings. The Morgan fingerprint density at radius 3 is 2.50 bits per heavy atom. The standard InChI is InChI=1S/C19H35N3O2/c23-19(20-13-18-8-6-12-24-18)16-22-11-5-7-17(15-22)14-21-9-3-1-2-4-10-21/h17-18H,1-16H2,(H,20,23)/t17-,18-/m1/s1. The molecule has 0 radical (unpaired) electrons. The Bertz CT molecular complexity index is 377. The molecular weight excluding hydrogens is 302 g/mol. The van der Waals surface area contributed by atoms with E-state index in [1.165, 1.54) is 58.2 Å². The molecule has 0 spiro atoms. The number of ether oxygens (including phenoxy) is 1. The maximum atomic E-state index is 12.2. The summed E-state index contributed by atoms with van der Waals surface area (Å²) in [5, 5.41) is 3.06. The second kappa shape index (κ2) is 9.73. The number of nitrogens with zero attached hydrogens (tertiary/aromatic N) is 2. The fraction of sp³-hybridized carbons (Fsp3) is 0.947. The highest BCUT2D eigenvalue weighted by Gasteiger charge is 2.24. The molecule has 0 aromatic carbocycles. The van der Waals surface area contributed by atoms with Crippen molar-refractivity contribution in [1.82, 2.24) is 15.1 Å². The maximum Gasteiger partial charge on any atom is 0.234 e. The summed E-state index contributed by atoms with van der Waals surface area (Å²) >= 11 is 0. The Kier molecular flexibility index (Phi) is 7.36. The summed E-state index contributed by atoms with van der Waals surface area (Å²) in [4.78, 5) is 17.2. The minimum Gasteiger partial charge on any atom is -0.376 e. The summed E-state index contributed by atoms with van der Waals surface area (Å²) in [5.74, 6) is 0.906. The average molecular weight is 338 g/mol. The van der Waals surface area contributed by atoms with Crippen molar-refractivity contribution in [2.24, 2.45) is 5.92 Å². The number of likely N-dealkylation sites (tertiary alicyclic amines) is 2. The van der Waals surface area contributed by atoms with Gasteiger partial charge in [0.1, 0.15) is 0 Å². The largest absolute Gasteiger partial charge is 0.376 e. The van der Waals surface area contributed by atoms with E-state index >= 15 is 0 Å². The fourth-order valence-corrected chi connectivity index (χ4v) is 4.42. The van der Waals surface area contributed by atoms with E-state index in [0.29, 0.717) is 13.1 Å². The normalized spacial score (nSPS) is 30.2. The summed E-state index contributed by atoms with van der Waals surface area (Å²) in [6.45, 7) is 8.04. The van der Waals surface area contributed by atoms with Gasteiger partial charge < -0.3 is 15.0 Å². The number of hydrogen-bond acceptors (Lipinski definition) is 4. The first-order chi connectivity index (χ1) is 11.8. The van der Waals surface area contributed by atoms with Crippen molar-refractivity contribution >= 4 is 5.91 Å². The zero-order valence-corrected chi connectivity index (χ0v) is 15.2. The number of nitrogens with one attached hydrogen (secondary N) is 1. The average Bonchev–Trinajstić information content (AvgIpc) is 2.97. The van der Waals surface area contributed by atoms with E-state index in [2.05, 4.69) is 15.1 Å². The van der Waals surface area contributed by atoms with Crippen LogP contribution in [0.5, 0.6) is 0 Å². The lowest BCUT2D eigenvalue weighted by Crippen LogP contribution is -2.46. The molecule has 1 amide bonds. The lowest BCUT2D eigenvalue weighted by Gasteiger charge is -2.35. The predicted octanol–water partition coefficient (Wildman–Crippen LogP) is 1.87. The van der Waals surface area contributed by atoms with Crippen LogP contribution in [0.4, 0.5) is 0 Å². The van der Waals surface area contributed by atoms with Crippen LogP contribution in [0.25, 0.3) is 0 Å². The molecule has 24 heavy (non-hydrogen) atoms. The van der Waals surface area contributed by atoms with Crippen molar-refractivity contribution in [2.75, 3.05) is 52.4 Å². The maximum absolute atomic E-state index is 12.2. The van der Waals surface area contributed by atoms with Crippen LogP contribution in [-0.2, 0) is 9.53 Å². The van der Waals surface area contributed by atoms with Gasteiger partial charge in [-0.1, -0.05) is 12.8 Å². The molecule has 0 aromatic heterocycles. The highest BCUT2D eigenvalue weighted by atomic mass is 16.5. The van der Waals surface area contributed by atoms with Gasteiger partial charge >= 0.3 is 0 Å². The van der Waals surface area contributed by atoms with Gasteiger partial charge in [-0.25, -0.2) is 0 Å². The van der Waals surface area contributed by atoms with Gasteiger partial charge in [0, 0.05) is 26.2 Å². The van der Waals surface area contributed by atoms with Gasteiger partial charge in [0.2, 0.25) is 5.91 Å². The summed E-state index contributed by atoms with van der Waals surface area (Å²) in [6, 6.07) is 0. The van der Waals surface area contributed by atoms with Gasteiger partial charge in [-0.05, 0) is 64.1 Å². The van der Waals surface area contributed by atoms with Crippen molar-refractivity contribution in [3.8, 4) is 0 Å². The molecule has 0 aliphatic carbocycles. The van der Waals surface area contributed by atoms with Crippen LogP contribution in [0.3, 0.4) is 0 Å². The smallest absolute Gasteiger partial charge is 0.234 e. The van der Waals surface area contributed by atoms with Gasteiger partial charge in [-0.3, -0.25) is 9.69 Å². The fourth-order valence-electron chi connectivity index (χ4n) is 4.42. The molecule has 3 rings (SSSR count). The van der Waals surface area contributed by atoms with E-state index < -0.39 is 0 Å². The van der Waals surface area contributed by atoms with Crippen LogP contribution < -0.4 is 5.32 Å². The SMILES string of the molecule is O=C(CN1CCC[C@H](CN2CCCCCC2)C1)NC[C@H]1CCCO1. The minimum absolute atomic E-state index is 0.168. The highest BCUT2D eigenvalue weighted by molar-refractivity contribution is 5.78. The Morgan fingerprint density at radius 1 is 0.958 bits per heavy atom. The van der Waals surface area contributed by atoms with Gasteiger partial charge in [0.25, 0.3) is 0 Å². The van der Waals surface area contributed by atoms with Crippen LogP contribution in [0.1, 0.15) is 51.4 Å². The first-order valence-electron chi connectivity index (χ1n) is 10.1. The molecule has 5 nitrogen and oxygen atoms in total. The summed E-state index contributed by atoms with van der Waals surface area (Å²) < 4.78 is 5.57. The molecule has 0 saturated carbocycles. The molecule has 3 heterocycles. The molecule has 3 aliphatic rings. The predicted molar refractivity (Wildman–Crippen MR) is 96.1 cm³/mol. The third kappa shape index (κ3) is 6.01. The van der Waals surface area contributed by atoms with E-state index in [0.717, 1.165) is 38.5 Å². The van der Waals surface area contributed by atoms with Crippen LogP contribution in [0.15, 0.2) is 0 Å². The van der Waals surface area contributed by atoms with Crippen molar-refractivity contribution in [3.63, 3.8) is 0 Å². The minimum atomic E-state index is 0.168. The van der Waals surface area contributed by atoms with Crippen molar-refractivity contribution < 1.29 is 9.53 Å². The Hall–Kier alpha value is -0.650. The second-order valence-electron chi connectivity index (χ2n) is 7.90. The molecule has 3 saturated heterocycles. The van der Waals surface area contributed by atoms with Crippen molar-refractivity contribution in [3.05, 3.63) is 0 Å². The summed E-state index contributed by atoms with van der Waals surface area (Å²) in [7, 11) is 0. The lowest BCUT2D eigenvalue weighted by atomic mass is 9.97. The third-order valence-electron chi connectivity index (χ3n) is 5.74. The summed E-state index contributed by atoms with van der Waals surface area (Å²) in [5.41, 5.74) is 0. The number of carbonyl (C=O) groups excluding carboxylic acids is 1. The zero-order chi connectivity index (χ0) is 16.6. The number of rotatable bonds is 6. The van der Waals surface area contributed by atoms with E-state index in [1.807, 2.05) is 0 Å². The van der Waals surface area contributed by atoms with Gasteiger partial charge in [-0.2, -0.15) is 0 Å². The molecule has 2 atom stereocenters. The van der Waals surface area contributed by atoms with Crippen LogP contribution in [-0.4, -0.2) is 74.2 Å². The van der Waals surface area contributed by atoms with Gasteiger partial charge in [0.05, 0.1) is 12.6 Å². The molecule has 5 heteroatoms. The Balaban J connectivity index is 1.35.